The minimum absolute atomic E-state index is 0.0223. The van der Waals surface area contributed by atoms with Gasteiger partial charge in [0.1, 0.15) is 17.8 Å². The number of rotatable bonds is 8. The Morgan fingerprint density at radius 3 is 2.15 bits per heavy atom. The van der Waals surface area contributed by atoms with Gasteiger partial charge < -0.3 is 24.3 Å². The lowest BCUT2D eigenvalue weighted by atomic mass is 9.96. The van der Waals surface area contributed by atoms with E-state index in [4.69, 9.17) is 9.16 Å². The first-order valence-corrected chi connectivity index (χ1v) is 14.9. The number of hydrogen-bond donors (Lipinski definition) is 2. The van der Waals surface area contributed by atoms with E-state index in [1.165, 1.54) is 24.0 Å². The number of aromatic nitrogens is 2. The topological polar surface area (TPSA) is 109 Å². The van der Waals surface area contributed by atoms with E-state index in [2.05, 4.69) is 55.0 Å². The van der Waals surface area contributed by atoms with Crippen molar-refractivity contribution in [3.63, 3.8) is 0 Å². The van der Waals surface area contributed by atoms with Crippen LogP contribution in [0.4, 0.5) is 5.82 Å². The molecule has 1 aliphatic heterocycles. The second-order valence-electron chi connectivity index (χ2n) is 11.4. The summed E-state index contributed by atoms with van der Waals surface area (Å²) < 4.78 is 14.2. The van der Waals surface area contributed by atoms with Gasteiger partial charge in [0.05, 0.1) is 12.9 Å². The van der Waals surface area contributed by atoms with Crippen molar-refractivity contribution in [2.75, 3.05) is 20.7 Å². The van der Waals surface area contributed by atoms with Gasteiger partial charge in [0.15, 0.2) is 12.0 Å². The maximum atomic E-state index is 12.9. The molecular formula is C29H38N4O5Si. The predicted molar refractivity (Wildman–Crippen MR) is 154 cm³/mol. The summed E-state index contributed by atoms with van der Waals surface area (Å²) >= 11 is 0. The molecule has 208 valence electrons. The minimum Gasteiger partial charge on any atom is -0.405 e. The van der Waals surface area contributed by atoms with E-state index in [9.17, 15) is 15.0 Å². The number of benzene rings is 2. The van der Waals surface area contributed by atoms with Crippen molar-refractivity contribution in [3.8, 4) is 0 Å². The monoisotopic (exact) mass is 550 g/mol. The molecule has 0 amide bonds. The van der Waals surface area contributed by atoms with E-state index >= 15 is 0 Å². The Bertz CT molecular complexity index is 1300. The molecule has 9 nitrogen and oxygen atoms in total. The van der Waals surface area contributed by atoms with Gasteiger partial charge in [0.2, 0.25) is 0 Å². The van der Waals surface area contributed by atoms with Crippen LogP contribution in [0.25, 0.3) is 0 Å². The molecule has 3 aromatic rings. The van der Waals surface area contributed by atoms with Crippen molar-refractivity contribution >= 4 is 30.8 Å². The van der Waals surface area contributed by atoms with Crippen LogP contribution in [0.1, 0.15) is 33.9 Å². The van der Waals surface area contributed by atoms with Gasteiger partial charge in [-0.3, -0.25) is 4.57 Å². The number of nitrogens with zero attached hydrogens (tertiary/aromatic N) is 4. The van der Waals surface area contributed by atoms with Crippen molar-refractivity contribution in [2.45, 2.75) is 56.8 Å². The lowest BCUT2D eigenvalue weighted by Crippen LogP contribution is -2.67. The van der Waals surface area contributed by atoms with E-state index in [1.54, 1.807) is 11.0 Å². The van der Waals surface area contributed by atoms with Crippen LogP contribution in [0.15, 0.2) is 82.7 Å². The van der Waals surface area contributed by atoms with E-state index in [1.807, 2.05) is 50.5 Å². The normalized spacial score (nSPS) is 23.8. The van der Waals surface area contributed by atoms with E-state index in [0.29, 0.717) is 0 Å². The number of aliphatic hydroxyl groups is 2. The molecule has 1 aromatic heterocycles. The Morgan fingerprint density at radius 1 is 1.10 bits per heavy atom. The van der Waals surface area contributed by atoms with Crippen molar-refractivity contribution in [3.05, 3.63) is 83.4 Å². The fourth-order valence-corrected chi connectivity index (χ4v) is 9.74. The highest BCUT2D eigenvalue weighted by Gasteiger charge is 2.56. The van der Waals surface area contributed by atoms with Crippen LogP contribution in [-0.2, 0) is 9.16 Å². The highest BCUT2D eigenvalue weighted by Crippen LogP contribution is 2.40. The van der Waals surface area contributed by atoms with Crippen LogP contribution >= 0.6 is 0 Å². The van der Waals surface area contributed by atoms with Gasteiger partial charge in [-0.15, -0.1) is 0 Å². The predicted octanol–water partition coefficient (Wildman–Crippen LogP) is 2.05. The van der Waals surface area contributed by atoms with E-state index in [0.717, 1.165) is 10.4 Å². The summed E-state index contributed by atoms with van der Waals surface area (Å²) in [6, 6.07) is 21.9. The van der Waals surface area contributed by atoms with Crippen molar-refractivity contribution in [1.82, 2.24) is 14.5 Å². The number of aliphatic imine (C=N–C) groups is 1. The Labute approximate surface area is 230 Å². The molecule has 39 heavy (non-hydrogen) atoms. The summed E-state index contributed by atoms with van der Waals surface area (Å²) in [5.41, 5.74) is -2.41. The minimum atomic E-state index is -2.90. The molecule has 2 N–H and O–H groups in total. The van der Waals surface area contributed by atoms with Crippen LogP contribution < -0.4 is 16.1 Å². The zero-order valence-corrected chi connectivity index (χ0v) is 24.4. The molecule has 1 aliphatic rings. The van der Waals surface area contributed by atoms with Crippen LogP contribution in [0.5, 0.6) is 0 Å². The molecule has 1 saturated heterocycles. The van der Waals surface area contributed by atoms with Crippen molar-refractivity contribution in [2.24, 2.45) is 4.99 Å². The Balaban J connectivity index is 1.66. The van der Waals surface area contributed by atoms with Gasteiger partial charge in [-0.25, -0.2) is 9.79 Å². The van der Waals surface area contributed by atoms with Crippen molar-refractivity contribution < 1.29 is 19.4 Å². The zero-order chi connectivity index (χ0) is 28.4. The SMILES string of the molecule is CN(C)C=Nc1ccn(C2OC(CO[Si](c3ccccc3)(c3ccccc3)C(C)(C)C)C(O)C2(C)O)c(=O)n1. The van der Waals surface area contributed by atoms with Gasteiger partial charge >= 0.3 is 5.69 Å². The molecule has 2 heterocycles. The Kier molecular flexibility index (Phi) is 8.24. The lowest BCUT2D eigenvalue weighted by molar-refractivity contribution is -0.0984. The maximum Gasteiger partial charge on any atom is 0.351 e. The molecule has 0 radical (unpaired) electrons. The summed E-state index contributed by atoms with van der Waals surface area (Å²) in [7, 11) is 0.716. The molecule has 4 rings (SSSR count). The molecule has 0 bridgehead atoms. The van der Waals surface area contributed by atoms with Crippen LogP contribution in [0, 0.1) is 0 Å². The Hall–Kier alpha value is -3.15. The summed E-state index contributed by atoms with van der Waals surface area (Å²) in [4.78, 5) is 22.7. The van der Waals surface area contributed by atoms with Crippen LogP contribution in [0.3, 0.4) is 0 Å². The Morgan fingerprint density at radius 2 is 1.67 bits per heavy atom. The smallest absolute Gasteiger partial charge is 0.351 e. The number of aliphatic hydroxyl groups excluding tert-OH is 1. The summed E-state index contributed by atoms with van der Waals surface area (Å²) in [5, 5.41) is 24.4. The summed E-state index contributed by atoms with van der Waals surface area (Å²) in [6.07, 6.45) is -0.346. The maximum absolute atomic E-state index is 12.9. The molecule has 4 unspecified atom stereocenters. The first-order valence-electron chi connectivity index (χ1n) is 13.0. The highest BCUT2D eigenvalue weighted by atomic mass is 28.4. The largest absolute Gasteiger partial charge is 0.405 e. The summed E-state index contributed by atoms with van der Waals surface area (Å²) in [5.74, 6) is 0.231. The number of ether oxygens (including phenoxy) is 1. The molecule has 0 aliphatic carbocycles. The van der Waals surface area contributed by atoms with Gasteiger partial charge in [0, 0.05) is 20.3 Å². The van der Waals surface area contributed by atoms with Gasteiger partial charge in [-0.2, -0.15) is 4.98 Å². The standard InChI is InChI=1S/C29H38N4O5Si/c1-28(2,3)39(21-13-9-7-10-14-21,22-15-11-8-12-16-22)37-19-23-25(34)29(4,36)26(38-23)33-18-17-24(31-27(33)35)30-20-32(5)6/h7-18,20,23,25-26,34,36H,19H2,1-6H3. The molecule has 1 fully saturated rings. The van der Waals surface area contributed by atoms with Crippen LogP contribution in [0.2, 0.25) is 5.04 Å². The fraction of sp³-hybridized carbons (Fsp3) is 0.414. The second-order valence-corrected chi connectivity index (χ2v) is 15.7. The third-order valence-corrected chi connectivity index (χ3v) is 12.1. The quantitative estimate of drug-likeness (QED) is 0.251. The van der Waals surface area contributed by atoms with Gasteiger partial charge in [0.25, 0.3) is 8.32 Å². The second kappa shape index (κ2) is 11.1. The van der Waals surface area contributed by atoms with Gasteiger partial charge in [-0.05, 0) is 28.4 Å². The third kappa shape index (κ3) is 5.61. The average molecular weight is 551 g/mol. The fourth-order valence-electron chi connectivity index (χ4n) is 5.18. The molecule has 4 atom stereocenters. The van der Waals surface area contributed by atoms with Gasteiger partial charge in [-0.1, -0.05) is 81.4 Å². The van der Waals surface area contributed by atoms with E-state index < -0.39 is 38.0 Å². The molecule has 2 aromatic carbocycles. The van der Waals surface area contributed by atoms with Crippen molar-refractivity contribution in [1.29, 1.82) is 0 Å². The van der Waals surface area contributed by atoms with Crippen LogP contribution in [-0.4, -0.2) is 77.8 Å². The zero-order valence-electron chi connectivity index (χ0n) is 23.4. The number of hydrogen-bond acceptors (Lipinski definition) is 7. The first kappa shape index (κ1) is 28.8. The first-order chi connectivity index (χ1) is 18.4. The molecular weight excluding hydrogens is 512 g/mol. The third-order valence-electron chi connectivity index (χ3n) is 7.12. The summed E-state index contributed by atoms with van der Waals surface area (Å²) in [6.45, 7) is 7.96. The molecule has 0 saturated carbocycles. The van der Waals surface area contributed by atoms with E-state index in [-0.39, 0.29) is 17.5 Å². The highest BCUT2D eigenvalue weighted by molar-refractivity contribution is 6.99. The molecule has 10 heteroatoms. The lowest BCUT2D eigenvalue weighted by Gasteiger charge is -2.43. The average Bonchev–Trinajstić information content (AvgIpc) is 3.12. The molecule has 0 spiro atoms.